The van der Waals surface area contributed by atoms with Gasteiger partial charge in [0.15, 0.2) is 0 Å². The van der Waals surface area contributed by atoms with E-state index in [2.05, 4.69) is 46.9 Å². The van der Waals surface area contributed by atoms with Crippen LogP contribution in [-0.4, -0.2) is 32.1 Å². The predicted octanol–water partition coefficient (Wildman–Crippen LogP) is 2.43. The normalized spacial score (nSPS) is 19.4. The molecule has 94 valence electrons. The Bertz CT molecular complexity index is 493. The number of nitrogens with zero attached hydrogens (tertiary/aromatic N) is 1. The third-order valence-electron chi connectivity index (χ3n) is 3.24. The molecule has 0 atom stereocenters. The van der Waals surface area contributed by atoms with Crippen LogP contribution in [0.3, 0.4) is 0 Å². The number of hydrogen-bond donors (Lipinski definition) is 0. The molecule has 1 aromatic carbocycles. The molecule has 1 aliphatic rings. The molecule has 0 saturated carbocycles. The molecule has 5 heteroatoms. The zero-order valence-corrected chi connectivity index (χ0v) is 12.7. The lowest BCUT2D eigenvalue weighted by Gasteiger charge is -2.30. The summed E-state index contributed by atoms with van der Waals surface area (Å²) in [5, 5.41) is 0. The second-order valence-corrected chi connectivity index (χ2v) is 7.72. The fourth-order valence-electron chi connectivity index (χ4n) is 2.28. The molecular formula is C12H16INO2S. The van der Waals surface area contributed by atoms with Crippen molar-refractivity contribution in [1.82, 2.24) is 4.31 Å². The molecule has 17 heavy (non-hydrogen) atoms. The summed E-state index contributed by atoms with van der Waals surface area (Å²) in [6.45, 7) is 1.30. The Morgan fingerprint density at radius 2 is 1.94 bits per heavy atom. The third-order valence-corrected chi connectivity index (χ3v) is 5.22. The molecular weight excluding hydrogens is 349 g/mol. The van der Waals surface area contributed by atoms with Crippen molar-refractivity contribution in [2.75, 3.05) is 19.3 Å². The first-order chi connectivity index (χ1) is 7.97. The van der Waals surface area contributed by atoms with Gasteiger partial charge in [-0.3, -0.25) is 0 Å². The van der Waals surface area contributed by atoms with E-state index in [1.165, 1.54) is 15.4 Å². The Labute approximate surface area is 116 Å². The highest BCUT2D eigenvalue weighted by Crippen LogP contribution is 2.29. The second kappa shape index (κ2) is 5.24. The summed E-state index contributed by atoms with van der Waals surface area (Å²) in [7, 11) is -3.01. The predicted molar refractivity (Wildman–Crippen MR) is 77.6 cm³/mol. The van der Waals surface area contributed by atoms with Crippen LogP contribution in [0.25, 0.3) is 0 Å². The van der Waals surface area contributed by atoms with Crippen LogP contribution in [0, 0.1) is 3.57 Å². The molecule has 0 unspecified atom stereocenters. The molecule has 2 rings (SSSR count). The summed E-state index contributed by atoms with van der Waals surface area (Å²) in [6, 6.07) is 8.49. The molecule has 0 spiro atoms. The van der Waals surface area contributed by atoms with Crippen molar-refractivity contribution in [2.45, 2.75) is 18.8 Å². The van der Waals surface area contributed by atoms with Crippen molar-refractivity contribution in [3.63, 3.8) is 0 Å². The molecule has 0 amide bonds. The Hall–Kier alpha value is -0.140. The van der Waals surface area contributed by atoms with Crippen molar-refractivity contribution in [1.29, 1.82) is 0 Å². The maximum Gasteiger partial charge on any atom is 0.211 e. The Balaban J connectivity index is 2.05. The molecule has 1 fully saturated rings. The van der Waals surface area contributed by atoms with Crippen molar-refractivity contribution in [3.05, 3.63) is 33.4 Å². The van der Waals surface area contributed by atoms with E-state index < -0.39 is 10.0 Å². The van der Waals surface area contributed by atoms with Crippen LogP contribution in [-0.2, 0) is 10.0 Å². The first-order valence-electron chi connectivity index (χ1n) is 5.67. The van der Waals surface area contributed by atoms with Crippen molar-refractivity contribution < 1.29 is 8.42 Å². The van der Waals surface area contributed by atoms with E-state index in [1.807, 2.05) is 0 Å². The zero-order valence-electron chi connectivity index (χ0n) is 9.77. The molecule has 0 aliphatic carbocycles. The van der Waals surface area contributed by atoms with E-state index in [1.54, 1.807) is 4.31 Å². The lowest BCUT2D eigenvalue weighted by Crippen LogP contribution is -2.37. The standard InChI is InChI=1S/C12H16INO2S/c1-17(15,16)14-7-5-10(6-8-14)11-3-2-4-12(13)9-11/h2-4,9-10H,5-8H2,1H3. The first-order valence-corrected chi connectivity index (χ1v) is 8.60. The lowest BCUT2D eigenvalue weighted by molar-refractivity contribution is 0.321. The molecule has 0 N–H and O–H groups in total. The van der Waals surface area contributed by atoms with Crippen LogP contribution in [0.2, 0.25) is 0 Å². The fourth-order valence-corrected chi connectivity index (χ4v) is 3.72. The third kappa shape index (κ3) is 3.42. The van der Waals surface area contributed by atoms with Gasteiger partial charge in [0, 0.05) is 16.7 Å². The number of hydrogen-bond acceptors (Lipinski definition) is 2. The van der Waals surface area contributed by atoms with Crippen LogP contribution in [0.1, 0.15) is 24.3 Å². The monoisotopic (exact) mass is 365 g/mol. The summed E-state index contributed by atoms with van der Waals surface area (Å²) in [4.78, 5) is 0. The van der Waals surface area contributed by atoms with Crippen molar-refractivity contribution >= 4 is 32.6 Å². The minimum absolute atomic E-state index is 0.503. The number of sulfonamides is 1. The van der Waals surface area contributed by atoms with E-state index in [9.17, 15) is 8.42 Å². The number of benzene rings is 1. The zero-order chi connectivity index (χ0) is 12.5. The minimum atomic E-state index is -3.01. The Kier molecular flexibility index (Phi) is 4.10. The van der Waals surface area contributed by atoms with Gasteiger partial charge in [0.2, 0.25) is 10.0 Å². The average molecular weight is 365 g/mol. The van der Waals surface area contributed by atoms with E-state index in [-0.39, 0.29) is 0 Å². The number of halogens is 1. The molecule has 1 aromatic rings. The van der Waals surface area contributed by atoms with Crippen LogP contribution in [0.4, 0.5) is 0 Å². The van der Waals surface area contributed by atoms with Gasteiger partial charge < -0.3 is 0 Å². The summed E-state index contributed by atoms with van der Waals surface area (Å²) < 4.78 is 25.6. The summed E-state index contributed by atoms with van der Waals surface area (Å²) >= 11 is 2.31. The molecule has 1 heterocycles. The van der Waals surface area contributed by atoms with E-state index in [0.29, 0.717) is 19.0 Å². The van der Waals surface area contributed by atoms with Gasteiger partial charge in [-0.25, -0.2) is 12.7 Å². The quantitative estimate of drug-likeness (QED) is 0.755. The highest BCUT2D eigenvalue weighted by atomic mass is 127. The van der Waals surface area contributed by atoms with E-state index >= 15 is 0 Å². The summed E-state index contributed by atoms with van der Waals surface area (Å²) in [6.07, 6.45) is 3.14. The molecule has 3 nitrogen and oxygen atoms in total. The minimum Gasteiger partial charge on any atom is -0.213 e. The highest BCUT2D eigenvalue weighted by Gasteiger charge is 2.25. The van der Waals surface area contributed by atoms with Crippen molar-refractivity contribution in [3.8, 4) is 0 Å². The largest absolute Gasteiger partial charge is 0.213 e. The first kappa shape index (κ1) is 13.3. The highest BCUT2D eigenvalue weighted by molar-refractivity contribution is 14.1. The molecule has 1 aliphatic heterocycles. The van der Waals surface area contributed by atoms with E-state index in [4.69, 9.17) is 0 Å². The van der Waals surface area contributed by atoms with Crippen LogP contribution in [0.15, 0.2) is 24.3 Å². The van der Waals surface area contributed by atoms with E-state index in [0.717, 1.165) is 12.8 Å². The van der Waals surface area contributed by atoms with Gasteiger partial charge in [-0.05, 0) is 59.0 Å². The van der Waals surface area contributed by atoms with Gasteiger partial charge in [-0.15, -0.1) is 0 Å². The van der Waals surface area contributed by atoms with Crippen LogP contribution < -0.4 is 0 Å². The van der Waals surface area contributed by atoms with Crippen molar-refractivity contribution in [2.24, 2.45) is 0 Å². The average Bonchev–Trinajstić information content (AvgIpc) is 2.28. The Morgan fingerprint density at radius 1 is 1.29 bits per heavy atom. The van der Waals surface area contributed by atoms with Gasteiger partial charge in [0.25, 0.3) is 0 Å². The van der Waals surface area contributed by atoms with Gasteiger partial charge in [-0.2, -0.15) is 0 Å². The van der Waals surface area contributed by atoms with Gasteiger partial charge in [0.05, 0.1) is 6.26 Å². The smallest absolute Gasteiger partial charge is 0.211 e. The fraction of sp³-hybridized carbons (Fsp3) is 0.500. The van der Waals surface area contributed by atoms with Gasteiger partial charge in [-0.1, -0.05) is 12.1 Å². The van der Waals surface area contributed by atoms with Gasteiger partial charge >= 0.3 is 0 Å². The maximum atomic E-state index is 11.4. The number of piperidine rings is 1. The molecule has 1 saturated heterocycles. The topological polar surface area (TPSA) is 37.4 Å². The SMILES string of the molecule is CS(=O)(=O)N1CCC(c2cccc(I)c2)CC1. The second-order valence-electron chi connectivity index (χ2n) is 4.49. The summed E-state index contributed by atoms with van der Waals surface area (Å²) in [5.74, 6) is 0.503. The summed E-state index contributed by atoms with van der Waals surface area (Å²) in [5.41, 5.74) is 1.34. The van der Waals surface area contributed by atoms with Crippen LogP contribution >= 0.6 is 22.6 Å². The maximum absolute atomic E-state index is 11.4. The lowest BCUT2D eigenvalue weighted by atomic mass is 9.90. The molecule has 0 radical (unpaired) electrons. The van der Waals surface area contributed by atoms with Crippen LogP contribution in [0.5, 0.6) is 0 Å². The number of rotatable bonds is 2. The molecule has 0 aromatic heterocycles. The Morgan fingerprint density at radius 3 is 2.47 bits per heavy atom. The van der Waals surface area contributed by atoms with Gasteiger partial charge in [0.1, 0.15) is 0 Å². The molecule has 0 bridgehead atoms.